The molecule has 0 unspecified atom stereocenters. The molecule has 0 saturated heterocycles. The number of hydrogen-bond donors (Lipinski definition) is 0. The van der Waals surface area contributed by atoms with Gasteiger partial charge < -0.3 is 9.64 Å². The minimum atomic E-state index is -0.0467. The first-order chi connectivity index (χ1) is 8.08. The van der Waals surface area contributed by atoms with Crippen LogP contribution in [0.4, 0.5) is 0 Å². The van der Waals surface area contributed by atoms with E-state index in [1.165, 1.54) is 6.08 Å². The highest BCUT2D eigenvalue weighted by Gasteiger charge is 2.03. The fourth-order valence-electron chi connectivity index (χ4n) is 1.28. The van der Waals surface area contributed by atoms with Crippen molar-refractivity contribution in [2.45, 2.75) is 6.92 Å². The molecule has 3 nitrogen and oxygen atoms in total. The molecule has 17 heavy (non-hydrogen) atoms. The van der Waals surface area contributed by atoms with Crippen molar-refractivity contribution in [1.82, 2.24) is 4.90 Å². The summed E-state index contributed by atoms with van der Waals surface area (Å²) in [6, 6.07) is 5.28. The highest BCUT2D eigenvalue weighted by atomic mass is 35.5. The molecule has 0 heterocycles. The van der Waals surface area contributed by atoms with Crippen LogP contribution in [0.5, 0.6) is 5.75 Å². The van der Waals surface area contributed by atoms with Gasteiger partial charge in [-0.1, -0.05) is 11.6 Å². The summed E-state index contributed by atoms with van der Waals surface area (Å²) in [4.78, 5) is 13.2. The molecule has 0 saturated carbocycles. The van der Waals surface area contributed by atoms with Gasteiger partial charge in [-0.3, -0.25) is 4.79 Å². The summed E-state index contributed by atoms with van der Waals surface area (Å²) in [5, 5.41) is 0.613. The van der Waals surface area contributed by atoms with Crippen LogP contribution in [0.2, 0.25) is 5.02 Å². The second-order valence-electron chi connectivity index (χ2n) is 3.57. The molecule has 92 valence electrons. The Balaban J connectivity index is 2.90. The molecule has 1 amide bonds. The monoisotopic (exact) mass is 253 g/mol. The quantitative estimate of drug-likeness (QED) is 0.773. The zero-order chi connectivity index (χ0) is 12.8. The Kier molecular flexibility index (Phi) is 5.04. The van der Waals surface area contributed by atoms with Crippen LogP contribution in [-0.4, -0.2) is 31.5 Å². The van der Waals surface area contributed by atoms with Crippen LogP contribution in [0.1, 0.15) is 12.5 Å². The first kappa shape index (κ1) is 13.6. The van der Waals surface area contributed by atoms with E-state index in [0.717, 1.165) is 5.56 Å². The molecule has 4 heteroatoms. The number of hydrogen-bond acceptors (Lipinski definition) is 2. The molecule has 0 radical (unpaired) electrons. The average molecular weight is 254 g/mol. The second-order valence-corrected chi connectivity index (χ2v) is 4.01. The molecule has 0 aliphatic rings. The van der Waals surface area contributed by atoms with Crippen molar-refractivity contribution in [3.63, 3.8) is 0 Å². The topological polar surface area (TPSA) is 29.5 Å². The standard InChI is InChI=1S/C13H16ClNO2/c1-4-15(2)13(16)8-5-10-9-11(14)6-7-12(10)17-3/h5-9H,4H2,1-3H3/b8-5+. The first-order valence-electron chi connectivity index (χ1n) is 5.35. The Bertz CT molecular complexity index is 429. The molecule has 0 spiro atoms. The summed E-state index contributed by atoms with van der Waals surface area (Å²) in [5.41, 5.74) is 0.790. The SMILES string of the molecule is CCN(C)C(=O)/C=C/c1cc(Cl)ccc1OC. The number of carbonyl (C=O) groups excluding carboxylic acids is 1. The third-order valence-corrected chi connectivity index (χ3v) is 2.68. The Hall–Kier alpha value is -1.48. The van der Waals surface area contributed by atoms with E-state index in [0.29, 0.717) is 17.3 Å². The summed E-state index contributed by atoms with van der Waals surface area (Å²) in [5.74, 6) is 0.645. The van der Waals surface area contributed by atoms with Gasteiger partial charge in [-0.05, 0) is 31.2 Å². The molecule has 0 atom stereocenters. The Morgan fingerprint density at radius 1 is 1.53 bits per heavy atom. The van der Waals surface area contributed by atoms with Crippen LogP contribution in [0.15, 0.2) is 24.3 Å². The minimum Gasteiger partial charge on any atom is -0.496 e. The first-order valence-corrected chi connectivity index (χ1v) is 5.73. The molecule has 1 rings (SSSR count). The van der Waals surface area contributed by atoms with Gasteiger partial charge in [0.25, 0.3) is 0 Å². The second kappa shape index (κ2) is 6.30. The lowest BCUT2D eigenvalue weighted by Crippen LogP contribution is -2.23. The molecule has 0 aromatic heterocycles. The lowest BCUT2D eigenvalue weighted by molar-refractivity contribution is -0.124. The van der Waals surface area contributed by atoms with E-state index < -0.39 is 0 Å². The van der Waals surface area contributed by atoms with Crippen LogP contribution >= 0.6 is 11.6 Å². The number of ether oxygens (including phenoxy) is 1. The smallest absolute Gasteiger partial charge is 0.246 e. The molecule has 0 aliphatic heterocycles. The lowest BCUT2D eigenvalue weighted by atomic mass is 10.2. The summed E-state index contributed by atoms with van der Waals surface area (Å²) in [6.45, 7) is 2.60. The van der Waals surface area contributed by atoms with E-state index in [-0.39, 0.29) is 5.91 Å². The van der Waals surface area contributed by atoms with Gasteiger partial charge in [0.05, 0.1) is 7.11 Å². The average Bonchev–Trinajstić information content (AvgIpc) is 2.35. The number of rotatable bonds is 4. The van der Waals surface area contributed by atoms with E-state index in [2.05, 4.69) is 0 Å². The van der Waals surface area contributed by atoms with Crippen LogP contribution in [-0.2, 0) is 4.79 Å². The summed E-state index contributed by atoms with van der Waals surface area (Å²) in [7, 11) is 3.34. The molecule has 1 aromatic rings. The number of amides is 1. The number of carbonyl (C=O) groups is 1. The molecule has 1 aromatic carbocycles. The molecule has 0 bridgehead atoms. The van der Waals surface area contributed by atoms with Crippen molar-refractivity contribution in [2.75, 3.05) is 20.7 Å². The highest BCUT2D eigenvalue weighted by molar-refractivity contribution is 6.30. The largest absolute Gasteiger partial charge is 0.496 e. The number of methoxy groups -OCH3 is 1. The fraction of sp³-hybridized carbons (Fsp3) is 0.308. The molecule has 0 aliphatic carbocycles. The summed E-state index contributed by atoms with van der Waals surface area (Å²) < 4.78 is 5.18. The van der Waals surface area contributed by atoms with Gasteiger partial charge in [0.15, 0.2) is 0 Å². The van der Waals surface area contributed by atoms with Crippen molar-refractivity contribution >= 4 is 23.6 Å². The zero-order valence-electron chi connectivity index (χ0n) is 10.2. The number of likely N-dealkylation sites (N-methyl/N-ethyl adjacent to an activating group) is 1. The summed E-state index contributed by atoms with van der Waals surface area (Å²) in [6.07, 6.45) is 3.22. The normalized spacial score (nSPS) is 10.6. The Morgan fingerprint density at radius 3 is 2.82 bits per heavy atom. The van der Waals surface area contributed by atoms with E-state index in [9.17, 15) is 4.79 Å². The van der Waals surface area contributed by atoms with Crippen molar-refractivity contribution in [3.8, 4) is 5.75 Å². The van der Waals surface area contributed by atoms with Crippen LogP contribution in [0, 0.1) is 0 Å². The van der Waals surface area contributed by atoms with Gasteiger partial charge in [-0.15, -0.1) is 0 Å². The predicted molar refractivity (Wildman–Crippen MR) is 70.3 cm³/mol. The number of nitrogens with zero attached hydrogens (tertiary/aromatic N) is 1. The van der Waals surface area contributed by atoms with Gasteiger partial charge in [-0.2, -0.15) is 0 Å². The van der Waals surface area contributed by atoms with E-state index in [4.69, 9.17) is 16.3 Å². The number of benzene rings is 1. The van der Waals surface area contributed by atoms with E-state index in [1.807, 2.05) is 6.92 Å². The van der Waals surface area contributed by atoms with Gasteiger partial charge in [-0.25, -0.2) is 0 Å². The molecule has 0 N–H and O–H groups in total. The predicted octanol–water partition coefficient (Wildman–Crippen LogP) is 2.84. The maximum absolute atomic E-state index is 11.6. The van der Waals surface area contributed by atoms with Crippen molar-refractivity contribution in [3.05, 3.63) is 34.9 Å². The number of halogens is 1. The third-order valence-electron chi connectivity index (χ3n) is 2.45. The summed E-state index contributed by atoms with van der Waals surface area (Å²) >= 11 is 5.89. The van der Waals surface area contributed by atoms with Gasteiger partial charge >= 0.3 is 0 Å². The maximum atomic E-state index is 11.6. The lowest BCUT2D eigenvalue weighted by Gasteiger charge is -2.11. The van der Waals surface area contributed by atoms with Crippen LogP contribution < -0.4 is 4.74 Å². The van der Waals surface area contributed by atoms with Crippen molar-refractivity contribution < 1.29 is 9.53 Å². The van der Waals surface area contributed by atoms with Crippen LogP contribution in [0.3, 0.4) is 0 Å². The van der Waals surface area contributed by atoms with Crippen molar-refractivity contribution in [1.29, 1.82) is 0 Å². The van der Waals surface area contributed by atoms with Crippen LogP contribution in [0.25, 0.3) is 6.08 Å². The maximum Gasteiger partial charge on any atom is 0.246 e. The van der Waals surface area contributed by atoms with E-state index >= 15 is 0 Å². The Labute approximate surface area is 107 Å². The minimum absolute atomic E-state index is 0.0467. The van der Waals surface area contributed by atoms with Gasteiger partial charge in [0.2, 0.25) is 5.91 Å². The molecular weight excluding hydrogens is 238 g/mol. The van der Waals surface area contributed by atoms with Gasteiger partial charge in [0.1, 0.15) is 5.75 Å². The molecular formula is C13H16ClNO2. The Morgan fingerprint density at radius 2 is 2.24 bits per heavy atom. The third kappa shape index (κ3) is 3.79. The van der Waals surface area contributed by atoms with Gasteiger partial charge in [0, 0.05) is 30.3 Å². The van der Waals surface area contributed by atoms with E-state index in [1.54, 1.807) is 43.3 Å². The zero-order valence-corrected chi connectivity index (χ0v) is 11.0. The fourth-order valence-corrected chi connectivity index (χ4v) is 1.46. The van der Waals surface area contributed by atoms with Crippen molar-refractivity contribution in [2.24, 2.45) is 0 Å². The highest BCUT2D eigenvalue weighted by Crippen LogP contribution is 2.23. The molecule has 0 fully saturated rings.